The van der Waals surface area contributed by atoms with Crippen LogP contribution in [0.4, 0.5) is 0 Å². The van der Waals surface area contributed by atoms with Gasteiger partial charge in [0.05, 0.1) is 25.4 Å². The molecule has 0 aromatic carbocycles. The predicted octanol–water partition coefficient (Wildman–Crippen LogP) is -1.51. The third kappa shape index (κ3) is 1.67. The fourth-order valence-corrected chi connectivity index (χ4v) is 0.886. The quantitative estimate of drug-likeness (QED) is 0.455. The second kappa shape index (κ2) is 3.30. The van der Waals surface area contributed by atoms with Gasteiger partial charge in [-0.25, -0.2) is 0 Å². The van der Waals surface area contributed by atoms with Crippen molar-refractivity contribution >= 4 is 0 Å². The van der Waals surface area contributed by atoms with Crippen LogP contribution in [0, 0.1) is 0 Å². The maximum atomic E-state index is 8.93. The van der Waals surface area contributed by atoms with Crippen molar-refractivity contribution in [3.63, 3.8) is 0 Å². The van der Waals surface area contributed by atoms with Crippen molar-refractivity contribution in [2.45, 2.75) is 24.7 Å². The number of aliphatic hydroxyl groups excluding tert-OH is 3. The highest BCUT2D eigenvalue weighted by Crippen LogP contribution is 2.17. The van der Waals surface area contributed by atoms with Gasteiger partial charge in [0, 0.05) is 6.42 Å². The Morgan fingerprint density at radius 2 is 2.30 bits per heavy atom. The molecule has 1 rings (SSSR count). The first-order chi connectivity index (χ1) is 4.74. The lowest BCUT2D eigenvalue weighted by Gasteiger charge is -2.33. The molecule has 4 heteroatoms. The van der Waals surface area contributed by atoms with Crippen LogP contribution in [0.15, 0.2) is 0 Å². The van der Waals surface area contributed by atoms with E-state index in [1.807, 2.05) is 0 Å². The molecule has 1 saturated heterocycles. The summed E-state index contributed by atoms with van der Waals surface area (Å²) in [6.45, 7) is 0.0788. The summed E-state index contributed by atoms with van der Waals surface area (Å²) in [6.07, 6.45) is -1.18. The number of aliphatic hydroxyl groups is 3. The molecule has 0 radical (unpaired) electrons. The Labute approximate surface area is 59.1 Å². The van der Waals surface area contributed by atoms with Crippen molar-refractivity contribution in [1.82, 2.24) is 0 Å². The lowest BCUT2D eigenvalue weighted by molar-refractivity contribution is -0.175. The van der Waals surface area contributed by atoms with Gasteiger partial charge in [0.1, 0.15) is 6.10 Å². The summed E-state index contributed by atoms with van der Waals surface area (Å²) in [5.41, 5.74) is 0. The Balaban J connectivity index is 2.12. The van der Waals surface area contributed by atoms with E-state index < -0.39 is 12.2 Å². The molecular formula is C6H12O4. The van der Waals surface area contributed by atoms with Gasteiger partial charge in [-0.05, 0) is 0 Å². The molecule has 1 aliphatic heterocycles. The van der Waals surface area contributed by atoms with Crippen LogP contribution in [-0.4, -0.2) is 46.8 Å². The minimum absolute atomic E-state index is 0.271. The van der Waals surface area contributed by atoms with E-state index in [-0.39, 0.29) is 12.7 Å². The van der Waals surface area contributed by atoms with Gasteiger partial charge in [-0.3, -0.25) is 0 Å². The maximum absolute atomic E-state index is 8.93. The van der Waals surface area contributed by atoms with E-state index in [1.54, 1.807) is 0 Å². The summed E-state index contributed by atoms with van der Waals surface area (Å²) >= 11 is 0. The molecule has 0 aromatic rings. The SMILES string of the molecule is OCC(O)CC1OCC1O. The summed E-state index contributed by atoms with van der Waals surface area (Å²) in [5.74, 6) is 0. The minimum atomic E-state index is -0.764. The molecule has 3 N–H and O–H groups in total. The van der Waals surface area contributed by atoms with Gasteiger partial charge in [0.2, 0.25) is 0 Å². The Kier molecular flexibility index (Phi) is 2.62. The van der Waals surface area contributed by atoms with Crippen molar-refractivity contribution < 1.29 is 20.1 Å². The highest BCUT2D eigenvalue weighted by molar-refractivity contribution is 4.79. The first-order valence-electron chi connectivity index (χ1n) is 3.32. The fraction of sp³-hybridized carbons (Fsp3) is 1.00. The van der Waals surface area contributed by atoms with Crippen molar-refractivity contribution in [3.8, 4) is 0 Å². The van der Waals surface area contributed by atoms with Gasteiger partial charge in [-0.1, -0.05) is 0 Å². The zero-order valence-electron chi connectivity index (χ0n) is 5.60. The second-order valence-electron chi connectivity index (χ2n) is 2.51. The lowest BCUT2D eigenvalue weighted by Crippen LogP contribution is -2.46. The number of rotatable bonds is 3. The van der Waals surface area contributed by atoms with E-state index in [4.69, 9.17) is 20.1 Å². The van der Waals surface area contributed by atoms with Crippen LogP contribution >= 0.6 is 0 Å². The van der Waals surface area contributed by atoms with Crippen LogP contribution < -0.4 is 0 Å². The lowest BCUT2D eigenvalue weighted by atomic mass is 10.0. The summed E-state index contributed by atoms with van der Waals surface area (Å²) in [7, 11) is 0. The Bertz CT molecular complexity index is 106. The Morgan fingerprint density at radius 3 is 2.60 bits per heavy atom. The summed E-state index contributed by atoms with van der Waals surface area (Å²) in [6, 6.07) is 0. The van der Waals surface area contributed by atoms with Gasteiger partial charge in [0.25, 0.3) is 0 Å². The van der Waals surface area contributed by atoms with E-state index in [0.717, 1.165) is 0 Å². The first kappa shape index (κ1) is 7.94. The third-order valence-corrected chi connectivity index (χ3v) is 1.63. The predicted molar refractivity (Wildman–Crippen MR) is 33.5 cm³/mol. The summed E-state index contributed by atoms with van der Waals surface area (Å²) in [5, 5.41) is 26.2. The standard InChI is InChI=1S/C6H12O4/c7-2-4(8)1-6-5(9)3-10-6/h4-9H,1-3H2. The number of hydrogen-bond donors (Lipinski definition) is 3. The van der Waals surface area contributed by atoms with Crippen LogP contribution in [0.25, 0.3) is 0 Å². The molecule has 1 heterocycles. The topological polar surface area (TPSA) is 69.9 Å². The smallest absolute Gasteiger partial charge is 0.104 e. The monoisotopic (exact) mass is 148 g/mol. The van der Waals surface area contributed by atoms with Crippen LogP contribution in [-0.2, 0) is 4.74 Å². The molecule has 0 bridgehead atoms. The average Bonchev–Trinajstić information content (AvgIpc) is 1.96. The molecule has 1 aliphatic rings. The summed E-state index contributed by atoms with van der Waals surface area (Å²) < 4.78 is 4.89. The Morgan fingerprint density at radius 1 is 1.60 bits per heavy atom. The van der Waals surface area contributed by atoms with Gasteiger partial charge < -0.3 is 20.1 Å². The normalized spacial score (nSPS) is 35.1. The molecule has 0 aromatic heterocycles. The Hall–Kier alpha value is -0.160. The van der Waals surface area contributed by atoms with Crippen LogP contribution in [0.1, 0.15) is 6.42 Å². The molecule has 60 valence electrons. The molecular weight excluding hydrogens is 136 g/mol. The molecule has 0 spiro atoms. The van der Waals surface area contributed by atoms with Gasteiger partial charge in [-0.15, -0.1) is 0 Å². The molecule has 0 aliphatic carbocycles. The van der Waals surface area contributed by atoms with E-state index >= 15 is 0 Å². The molecule has 0 amide bonds. The minimum Gasteiger partial charge on any atom is -0.394 e. The molecule has 3 atom stereocenters. The number of ether oxygens (including phenoxy) is 1. The van der Waals surface area contributed by atoms with Crippen LogP contribution in [0.5, 0.6) is 0 Å². The van der Waals surface area contributed by atoms with E-state index in [2.05, 4.69) is 0 Å². The van der Waals surface area contributed by atoms with Gasteiger partial charge >= 0.3 is 0 Å². The van der Waals surface area contributed by atoms with E-state index in [0.29, 0.717) is 13.0 Å². The van der Waals surface area contributed by atoms with Crippen LogP contribution in [0.2, 0.25) is 0 Å². The van der Waals surface area contributed by atoms with Crippen molar-refractivity contribution in [1.29, 1.82) is 0 Å². The molecule has 10 heavy (non-hydrogen) atoms. The van der Waals surface area contributed by atoms with Crippen molar-refractivity contribution in [2.75, 3.05) is 13.2 Å². The molecule has 1 fully saturated rings. The molecule has 0 saturated carbocycles. The van der Waals surface area contributed by atoms with E-state index in [9.17, 15) is 0 Å². The highest BCUT2D eigenvalue weighted by Gasteiger charge is 2.31. The highest BCUT2D eigenvalue weighted by atomic mass is 16.5. The van der Waals surface area contributed by atoms with Crippen LogP contribution in [0.3, 0.4) is 0 Å². The zero-order valence-corrected chi connectivity index (χ0v) is 5.60. The van der Waals surface area contributed by atoms with Gasteiger partial charge in [0.15, 0.2) is 0 Å². The molecule has 4 nitrogen and oxygen atoms in total. The number of hydrogen-bond acceptors (Lipinski definition) is 4. The zero-order chi connectivity index (χ0) is 7.56. The largest absolute Gasteiger partial charge is 0.394 e. The van der Waals surface area contributed by atoms with Crippen molar-refractivity contribution in [2.24, 2.45) is 0 Å². The fourth-order valence-electron chi connectivity index (χ4n) is 0.886. The second-order valence-corrected chi connectivity index (χ2v) is 2.51. The van der Waals surface area contributed by atoms with Crippen molar-refractivity contribution in [3.05, 3.63) is 0 Å². The summed E-state index contributed by atoms with van der Waals surface area (Å²) in [4.78, 5) is 0. The maximum Gasteiger partial charge on any atom is 0.104 e. The van der Waals surface area contributed by atoms with E-state index in [1.165, 1.54) is 0 Å². The molecule has 3 unspecified atom stereocenters. The first-order valence-corrected chi connectivity index (χ1v) is 3.32. The average molecular weight is 148 g/mol. The third-order valence-electron chi connectivity index (χ3n) is 1.63. The van der Waals surface area contributed by atoms with Gasteiger partial charge in [-0.2, -0.15) is 0 Å².